The second-order valence-electron chi connectivity index (χ2n) is 8.52. The third-order valence-corrected chi connectivity index (χ3v) is 10.3. The van der Waals surface area contributed by atoms with Crippen LogP contribution >= 0.6 is 11.3 Å². The molecule has 1 aromatic heterocycles. The summed E-state index contributed by atoms with van der Waals surface area (Å²) in [6, 6.07) is 20.3. The van der Waals surface area contributed by atoms with Gasteiger partial charge in [0.15, 0.2) is 9.84 Å². The van der Waals surface area contributed by atoms with Gasteiger partial charge >= 0.3 is 5.97 Å². The highest BCUT2D eigenvalue weighted by atomic mass is 32.2. The molecule has 4 rings (SSSR count). The first kappa shape index (κ1) is 22.6. The van der Waals surface area contributed by atoms with E-state index in [1.54, 1.807) is 6.07 Å². The molecule has 168 valence electrons. The Morgan fingerprint density at radius 1 is 0.938 bits per heavy atom. The Morgan fingerprint density at radius 3 is 2.09 bits per heavy atom. The predicted molar refractivity (Wildman–Crippen MR) is 131 cm³/mol. The lowest BCUT2D eigenvalue weighted by Gasteiger charge is -2.34. The minimum absolute atomic E-state index is 0.0504. The first-order chi connectivity index (χ1) is 15.2. The van der Waals surface area contributed by atoms with Crippen molar-refractivity contribution in [2.75, 3.05) is 24.7 Å². The molecule has 1 fully saturated rings. The molecule has 1 aliphatic heterocycles. The first-order valence-corrected chi connectivity index (χ1v) is 13.1. The maximum absolute atomic E-state index is 13.0. The van der Waals surface area contributed by atoms with Crippen molar-refractivity contribution in [3.05, 3.63) is 65.5 Å². The maximum Gasteiger partial charge on any atom is 0.305 e. The van der Waals surface area contributed by atoms with Crippen molar-refractivity contribution in [2.24, 2.45) is 0 Å². The van der Waals surface area contributed by atoms with Gasteiger partial charge in [0.25, 0.3) is 0 Å². The number of sulfone groups is 1. The summed E-state index contributed by atoms with van der Waals surface area (Å²) in [4.78, 5) is 15.2. The monoisotopic (exact) mass is 469 g/mol. The number of carboxylic acid groups (broad SMARTS) is 1. The number of hydrogen-bond donors (Lipinski definition) is 1. The minimum Gasteiger partial charge on any atom is -0.481 e. The van der Waals surface area contributed by atoms with Gasteiger partial charge in [-0.2, -0.15) is 0 Å². The Morgan fingerprint density at radius 2 is 1.53 bits per heavy atom. The molecule has 0 radical (unpaired) electrons. The molecule has 3 aromatic rings. The molecule has 7 heteroatoms. The number of aliphatic carboxylic acids is 1. The van der Waals surface area contributed by atoms with Gasteiger partial charge in [-0.15, -0.1) is 11.3 Å². The molecule has 1 atom stereocenters. The number of thiophene rings is 1. The van der Waals surface area contributed by atoms with Crippen molar-refractivity contribution in [1.82, 2.24) is 0 Å². The van der Waals surface area contributed by atoms with Gasteiger partial charge in [0.05, 0.1) is 12.2 Å². The van der Waals surface area contributed by atoms with E-state index >= 15 is 0 Å². The largest absolute Gasteiger partial charge is 0.481 e. The van der Waals surface area contributed by atoms with Crippen molar-refractivity contribution in [2.45, 2.75) is 30.4 Å². The van der Waals surface area contributed by atoms with Crippen molar-refractivity contribution in [3.8, 4) is 21.6 Å². The highest BCUT2D eigenvalue weighted by Crippen LogP contribution is 2.47. The summed E-state index contributed by atoms with van der Waals surface area (Å²) in [6.07, 6.45) is 1.31. The number of benzene rings is 2. The van der Waals surface area contributed by atoms with Crippen molar-refractivity contribution < 1.29 is 18.3 Å². The molecule has 0 aliphatic carbocycles. The van der Waals surface area contributed by atoms with Gasteiger partial charge in [0, 0.05) is 29.5 Å². The molecule has 0 spiro atoms. The van der Waals surface area contributed by atoms with Crippen LogP contribution in [0.2, 0.25) is 0 Å². The van der Waals surface area contributed by atoms with E-state index < -0.39 is 20.6 Å². The standard InChI is InChI=1S/C25H27NO4S2/c1-26(2)21-11-9-19(10-12-21)18-5-7-20(8-6-18)22-13-14-23(31-22)25(17-24(27)28)15-3-4-16-32(25,29)30/h5-14H,3-4,15-17H2,1-2H3,(H,27,28)/t25-/m0/s1. The summed E-state index contributed by atoms with van der Waals surface area (Å²) in [5.41, 5.74) is 4.37. The zero-order chi connectivity index (χ0) is 22.9. The van der Waals surface area contributed by atoms with Gasteiger partial charge in [-0.3, -0.25) is 4.79 Å². The lowest BCUT2D eigenvalue weighted by Crippen LogP contribution is -2.41. The Hall–Kier alpha value is -2.64. The van der Waals surface area contributed by atoms with Gasteiger partial charge in [-0.05, 0) is 53.8 Å². The number of carboxylic acids is 1. The lowest BCUT2D eigenvalue weighted by atomic mass is 9.95. The molecule has 0 amide bonds. The minimum atomic E-state index is -3.53. The van der Waals surface area contributed by atoms with E-state index in [4.69, 9.17) is 0 Å². The number of nitrogens with zero attached hydrogens (tertiary/aromatic N) is 1. The molecule has 5 nitrogen and oxygen atoms in total. The number of rotatable bonds is 6. The van der Waals surface area contributed by atoms with Crippen LogP contribution in [0.4, 0.5) is 5.69 Å². The maximum atomic E-state index is 13.0. The smallest absolute Gasteiger partial charge is 0.305 e. The number of hydrogen-bond acceptors (Lipinski definition) is 5. The Balaban J connectivity index is 1.63. The predicted octanol–water partition coefficient (Wildman–Crippen LogP) is 5.42. The zero-order valence-corrected chi connectivity index (χ0v) is 19.9. The summed E-state index contributed by atoms with van der Waals surface area (Å²) in [7, 11) is 0.496. The molecule has 0 unspecified atom stereocenters. The molecule has 2 aromatic carbocycles. The van der Waals surface area contributed by atoms with Crippen LogP contribution in [0.5, 0.6) is 0 Å². The Labute approximate surface area is 193 Å². The van der Waals surface area contributed by atoms with Gasteiger partial charge in [-0.25, -0.2) is 8.42 Å². The van der Waals surface area contributed by atoms with Crippen molar-refractivity contribution in [3.63, 3.8) is 0 Å². The summed E-state index contributed by atoms with van der Waals surface area (Å²) in [5, 5.41) is 9.47. The highest BCUT2D eigenvalue weighted by molar-refractivity contribution is 7.92. The fourth-order valence-electron chi connectivity index (χ4n) is 4.38. The first-order valence-electron chi connectivity index (χ1n) is 10.6. The van der Waals surface area contributed by atoms with Crippen LogP contribution in [0, 0.1) is 0 Å². The van der Waals surface area contributed by atoms with E-state index in [2.05, 4.69) is 41.3 Å². The second kappa shape index (κ2) is 8.71. The van der Waals surface area contributed by atoms with Gasteiger partial charge in [-0.1, -0.05) is 42.8 Å². The summed E-state index contributed by atoms with van der Waals surface area (Å²) < 4.78 is 24.7. The highest BCUT2D eigenvalue weighted by Gasteiger charge is 2.49. The van der Waals surface area contributed by atoms with Gasteiger partial charge in [0.1, 0.15) is 4.75 Å². The number of carbonyl (C=O) groups is 1. The van der Waals surface area contributed by atoms with E-state index in [-0.39, 0.29) is 12.2 Å². The van der Waals surface area contributed by atoms with E-state index in [0.717, 1.165) is 33.7 Å². The molecular formula is C25H27NO4S2. The molecule has 1 aliphatic rings. The van der Waals surface area contributed by atoms with E-state index in [9.17, 15) is 18.3 Å². The summed E-state index contributed by atoms with van der Waals surface area (Å²) >= 11 is 1.39. The average Bonchev–Trinajstić information content (AvgIpc) is 3.26. The third kappa shape index (κ3) is 4.19. The molecular weight excluding hydrogens is 442 g/mol. The van der Waals surface area contributed by atoms with E-state index in [1.165, 1.54) is 11.3 Å². The van der Waals surface area contributed by atoms with Crippen LogP contribution in [-0.2, 0) is 19.4 Å². The molecule has 0 bridgehead atoms. The quantitative estimate of drug-likeness (QED) is 0.522. The van der Waals surface area contributed by atoms with Crippen LogP contribution in [0.15, 0.2) is 60.7 Å². The fraction of sp³-hybridized carbons (Fsp3) is 0.320. The lowest BCUT2D eigenvalue weighted by molar-refractivity contribution is -0.137. The van der Waals surface area contributed by atoms with E-state index in [0.29, 0.717) is 17.7 Å². The summed E-state index contributed by atoms with van der Waals surface area (Å²) in [5.74, 6) is -1.02. The van der Waals surface area contributed by atoms with Crippen LogP contribution in [-0.4, -0.2) is 39.3 Å². The van der Waals surface area contributed by atoms with Crippen LogP contribution < -0.4 is 4.90 Å². The molecule has 0 saturated carbocycles. The Bertz CT molecular complexity index is 1210. The molecule has 2 heterocycles. The van der Waals surface area contributed by atoms with Gasteiger partial charge < -0.3 is 10.0 Å². The molecule has 1 saturated heterocycles. The van der Waals surface area contributed by atoms with Crippen molar-refractivity contribution in [1.29, 1.82) is 0 Å². The normalized spacial score (nSPS) is 20.1. The molecule has 32 heavy (non-hydrogen) atoms. The van der Waals surface area contributed by atoms with Gasteiger partial charge in [0.2, 0.25) is 0 Å². The van der Waals surface area contributed by atoms with Crippen LogP contribution in [0.1, 0.15) is 30.6 Å². The van der Waals surface area contributed by atoms with Crippen molar-refractivity contribution >= 4 is 32.8 Å². The second-order valence-corrected chi connectivity index (χ2v) is 12.0. The van der Waals surface area contributed by atoms with Crippen LogP contribution in [0.3, 0.4) is 0 Å². The zero-order valence-electron chi connectivity index (χ0n) is 18.2. The fourth-order valence-corrected chi connectivity index (χ4v) is 8.15. The summed E-state index contributed by atoms with van der Waals surface area (Å²) in [6.45, 7) is 0. The Kier molecular flexibility index (Phi) is 6.14. The SMILES string of the molecule is CN(C)c1ccc(-c2ccc(-c3ccc([C@@]4(CC(=O)O)CCCCS4(=O)=O)s3)cc2)cc1. The third-order valence-electron chi connectivity index (χ3n) is 6.22. The molecule has 1 N–H and O–H groups in total. The average molecular weight is 470 g/mol. The van der Waals surface area contributed by atoms with E-state index in [1.807, 2.05) is 32.3 Å². The topological polar surface area (TPSA) is 74.7 Å². The number of anilines is 1. The van der Waals surface area contributed by atoms with Crippen LogP contribution in [0.25, 0.3) is 21.6 Å².